The van der Waals surface area contributed by atoms with Crippen LogP contribution in [0.15, 0.2) is 12.7 Å². The van der Waals surface area contributed by atoms with Crippen LogP contribution in [0.2, 0.25) is 0 Å². The summed E-state index contributed by atoms with van der Waals surface area (Å²) in [7, 11) is 3.39. The fourth-order valence-electron chi connectivity index (χ4n) is 2.29. The van der Waals surface area contributed by atoms with Crippen molar-refractivity contribution in [1.29, 1.82) is 0 Å². The first-order chi connectivity index (χ1) is 12.0. The molecule has 26 heavy (non-hydrogen) atoms. The average Bonchev–Trinajstić information content (AvgIpc) is 2.52. The molecule has 0 N–H and O–H groups in total. The first-order valence-electron chi connectivity index (χ1n) is 9.51. The normalized spacial score (nSPS) is 14.5. The van der Waals surface area contributed by atoms with Gasteiger partial charge < -0.3 is 23.7 Å². The van der Waals surface area contributed by atoms with Crippen LogP contribution in [0.5, 0.6) is 0 Å². The summed E-state index contributed by atoms with van der Waals surface area (Å²) < 4.78 is 28.6. The van der Waals surface area contributed by atoms with Gasteiger partial charge in [0.05, 0.1) is 36.6 Å². The smallest absolute Gasteiger partial charge is 0.104 e. The second-order valence-corrected chi connectivity index (χ2v) is 8.59. The standard InChI is InChI=1S/C21H42O5/c1-10-11-19(2,3)24-15-13-21(6,7)26-17-18(23-9)16-25-20(4,5)12-14-22-8/h10,18H,1,11-17H2,2-9H3. The Kier molecular flexibility index (Phi) is 11.9. The lowest BCUT2D eigenvalue weighted by Crippen LogP contribution is -2.37. The molecule has 0 fully saturated rings. The minimum Gasteiger partial charge on any atom is -0.385 e. The zero-order chi connectivity index (χ0) is 20.3. The molecule has 0 saturated heterocycles. The molecule has 0 aliphatic rings. The second-order valence-electron chi connectivity index (χ2n) is 8.59. The summed E-state index contributed by atoms with van der Waals surface area (Å²) >= 11 is 0. The van der Waals surface area contributed by atoms with Crippen LogP contribution in [0.3, 0.4) is 0 Å². The molecule has 0 aliphatic heterocycles. The molecule has 0 bridgehead atoms. The van der Waals surface area contributed by atoms with Gasteiger partial charge in [-0.3, -0.25) is 0 Å². The van der Waals surface area contributed by atoms with Crippen LogP contribution in [-0.4, -0.2) is 63.6 Å². The Morgan fingerprint density at radius 3 is 1.69 bits per heavy atom. The third-order valence-electron chi connectivity index (χ3n) is 4.39. The fourth-order valence-corrected chi connectivity index (χ4v) is 2.29. The van der Waals surface area contributed by atoms with Crippen molar-refractivity contribution in [3.05, 3.63) is 12.7 Å². The molecule has 0 spiro atoms. The maximum atomic E-state index is 6.07. The van der Waals surface area contributed by atoms with Crippen LogP contribution in [0, 0.1) is 0 Å². The van der Waals surface area contributed by atoms with Crippen molar-refractivity contribution in [2.24, 2.45) is 0 Å². The Bertz CT molecular complexity index is 377. The second kappa shape index (κ2) is 12.1. The van der Waals surface area contributed by atoms with Gasteiger partial charge in [-0.25, -0.2) is 0 Å². The molecule has 1 unspecified atom stereocenters. The van der Waals surface area contributed by atoms with Gasteiger partial charge in [0.25, 0.3) is 0 Å². The number of ether oxygens (including phenoxy) is 5. The van der Waals surface area contributed by atoms with Crippen LogP contribution in [-0.2, 0) is 23.7 Å². The SMILES string of the molecule is C=CCC(C)(C)OCCC(C)(C)OCC(COC(C)(C)CCOC)OC. The fraction of sp³-hybridized carbons (Fsp3) is 0.905. The molecular weight excluding hydrogens is 332 g/mol. The Morgan fingerprint density at radius 2 is 1.27 bits per heavy atom. The van der Waals surface area contributed by atoms with Crippen LogP contribution in [0.25, 0.3) is 0 Å². The maximum Gasteiger partial charge on any atom is 0.104 e. The highest BCUT2D eigenvalue weighted by Gasteiger charge is 2.25. The van der Waals surface area contributed by atoms with Gasteiger partial charge in [0, 0.05) is 20.8 Å². The summed E-state index contributed by atoms with van der Waals surface area (Å²) in [4.78, 5) is 0. The summed E-state index contributed by atoms with van der Waals surface area (Å²) in [5, 5.41) is 0. The van der Waals surface area contributed by atoms with Gasteiger partial charge in [-0.2, -0.15) is 0 Å². The highest BCUT2D eigenvalue weighted by Crippen LogP contribution is 2.21. The summed E-state index contributed by atoms with van der Waals surface area (Å²) in [5.74, 6) is 0. The van der Waals surface area contributed by atoms with Crippen LogP contribution in [0.4, 0.5) is 0 Å². The third-order valence-corrected chi connectivity index (χ3v) is 4.39. The molecule has 5 heteroatoms. The third kappa shape index (κ3) is 12.8. The van der Waals surface area contributed by atoms with E-state index < -0.39 is 0 Å². The predicted octanol–water partition coefficient (Wildman–Crippen LogP) is 4.39. The topological polar surface area (TPSA) is 46.2 Å². The van der Waals surface area contributed by atoms with Gasteiger partial charge in [0.2, 0.25) is 0 Å². The first-order valence-corrected chi connectivity index (χ1v) is 9.51. The molecule has 0 aromatic rings. The molecule has 0 aliphatic carbocycles. The Hall–Kier alpha value is -0.460. The average molecular weight is 375 g/mol. The molecule has 0 amide bonds. The van der Waals surface area contributed by atoms with Crippen molar-refractivity contribution < 1.29 is 23.7 Å². The zero-order valence-corrected chi connectivity index (χ0v) is 18.4. The molecule has 0 saturated carbocycles. The molecule has 0 heterocycles. The van der Waals surface area contributed by atoms with E-state index in [2.05, 4.69) is 48.1 Å². The molecule has 0 rings (SSSR count). The monoisotopic (exact) mass is 374 g/mol. The summed E-state index contributed by atoms with van der Waals surface area (Å²) in [6, 6.07) is 0. The number of hydrogen-bond acceptors (Lipinski definition) is 5. The lowest BCUT2D eigenvalue weighted by atomic mass is 10.0. The van der Waals surface area contributed by atoms with E-state index in [1.165, 1.54) is 0 Å². The van der Waals surface area contributed by atoms with Crippen LogP contribution in [0.1, 0.15) is 60.8 Å². The Labute approximate surface area is 161 Å². The van der Waals surface area contributed by atoms with E-state index in [1.54, 1.807) is 14.2 Å². The molecule has 0 aromatic carbocycles. The number of methoxy groups -OCH3 is 2. The van der Waals surface area contributed by atoms with Crippen LogP contribution < -0.4 is 0 Å². The van der Waals surface area contributed by atoms with Crippen molar-refractivity contribution in [2.45, 2.75) is 83.7 Å². The zero-order valence-electron chi connectivity index (χ0n) is 18.4. The van der Waals surface area contributed by atoms with Crippen LogP contribution >= 0.6 is 0 Å². The van der Waals surface area contributed by atoms with Crippen molar-refractivity contribution in [1.82, 2.24) is 0 Å². The lowest BCUT2D eigenvalue weighted by molar-refractivity contribution is -0.129. The van der Waals surface area contributed by atoms with Crippen molar-refractivity contribution >= 4 is 0 Å². The molecule has 0 radical (unpaired) electrons. The Balaban J connectivity index is 4.25. The largest absolute Gasteiger partial charge is 0.385 e. The van der Waals surface area contributed by atoms with Crippen molar-refractivity contribution in [2.75, 3.05) is 40.6 Å². The van der Waals surface area contributed by atoms with Crippen molar-refractivity contribution in [3.63, 3.8) is 0 Å². The van der Waals surface area contributed by atoms with E-state index in [0.29, 0.717) is 26.4 Å². The number of rotatable bonds is 16. The van der Waals surface area contributed by atoms with E-state index in [-0.39, 0.29) is 22.9 Å². The highest BCUT2D eigenvalue weighted by atomic mass is 16.6. The molecule has 0 aromatic heterocycles. The lowest BCUT2D eigenvalue weighted by Gasteiger charge is -2.31. The highest BCUT2D eigenvalue weighted by molar-refractivity contribution is 4.81. The molecule has 1 atom stereocenters. The van der Waals surface area contributed by atoms with Gasteiger partial charge >= 0.3 is 0 Å². The minimum absolute atomic E-state index is 0.103. The summed E-state index contributed by atoms with van der Waals surface area (Å²) in [5.41, 5.74) is -0.714. The summed E-state index contributed by atoms with van der Waals surface area (Å²) in [6.07, 6.45) is 4.26. The quantitative estimate of drug-likeness (QED) is 0.375. The van der Waals surface area contributed by atoms with Gasteiger partial charge in [0.15, 0.2) is 0 Å². The predicted molar refractivity (Wildman–Crippen MR) is 107 cm³/mol. The van der Waals surface area contributed by atoms with Gasteiger partial charge in [-0.1, -0.05) is 6.08 Å². The van der Waals surface area contributed by atoms with Gasteiger partial charge in [-0.05, 0) is 60.8 Å². The molecular formula is C21H42O5. The van der Waals surface area contributed by atoms with Gasteiger partial charge in [-0.15, -0.1) is 6.58 Å². The molecule has 156 valence electrons. The Morgan fingerprint density at radius 1 is 0.769 bits per heavy atom. The van der Waals surface area contributed by atoms with E-state index in [0.717, 1.165) is 19.3 Å². The molecule has 5 nitrogen and oxygen atoms in total. The number of hydrogen-bond donors (Lipinski definition) is 0. The van der Waals surface area contributed by atoms with Crippen molar-refractivity contribution in [3.8, 4) is 0 Å². The maximum absolute atomic E-state index is 6.07. The minimum atomic E-state index is -0.285. The summed E-state index contributed by atoms with van der Waals surface area (Å²) in [6.45, 7) is 18.5. The van der Waals surface area contributed by atoms with E-state index in [9.17, 15) is 0 Å². The first kappa shape index (κ1) is 25.5. The van der Waals surface area contributed by atoms with E-state index in [1.807, 2.05) is 6.08 Å². The van der Waals surface area contributed by atoms with Gasteiger partial charge in [0.1, 0.15) is 6.10 Å². The van der Waals surface area contributed by atoms with E-state index in [4.69, 9.17) is 23.7 Å². The van der Waals surface area contributed by atoms with E-state index >= 15 is 0 Å².